The Hall–Kier alpha value is -2.69. The Kier molecular flexibility index (Phi) is 8.16. The third-order valence-electron chi connectivity index (χ3n) is 4.27. The van der Waals surface area contributed by atoms with Gasteiger partial charge in [-0.3, -0.25) is 19.2 Å². The van der Waals surface area contributed by atoms with Crippen molar-refractivity contribution < 1.29 is 34.2 Å². The van der Waals surface area contributed by atoms with Crippen molar-refractivity contribution in [2.45, 2.75) is 51.2 Å². The van der Waals surface area contributed by atoms with Crippen molar-refractivity contribution in [3.8, 4) is 0 Å². The zero-order chi connectivity index (χ0) is 20.7. The first-order valence-electron chi connectivity index (χ1n) is 8.63. The lowest BCUT2D eigenvalue weighted by Gasteiger charge is -2.29. The molecular formula is C16H26N4O7. The number of likely N-dealkylation sites (tertiary alicyclic amines) is 1. The summed E-state index contributed by atoms with van der Waals surface area (Å²) in [4.78, 5) is 60.2. The van der Waals surface area contributed by atoms with Crippen LogP contribution in [-0.2, 0) is 24.0 Å². The lowest BCUT2D eigenvalue weighted by atomic mass is 10.0. The summed E-state index contributed by atoms with van der Waals surface area (Å²) in [6.45, 7) is 3.07. The maximum Gasteiger partial charge on any atom is 0.326 e. The minimum Gasteiger partial charge on any atom is -0.481 e. The summed E-state index contributed by atoms with van der Waals surface area (Å²) in [5.41, 5.74) is 5.19. The molecule has 11 heteroatoms. The fraction of sp³-hybridized carbons (Fsp3) is 0.688. The molecule has 27 heavy (non-hydrogen) atoms. The Labute approximate surface area is 156 Å². The van der Waals surface area contributed by atoms with E-state index in [0.717, 1.165) is 0 Å². The number of aliphatic carboxylic acids is 2. The lowest BCUT2D eigenvalue weighted by molar-refractivity contribution is -0.147. The molecule has 11 nitrogen and oxygen atoms in total. The van der Waals surface area contributed by atoms with Crippen LogP contribution >= 0.6 is 0 Å². The molecule has 3 atom stereocenters. The van der Waals surface area contributed by atoms with Gasteiger partial charge in [0.15, 0.2) is 0 Å². The molecule has 1 saturated heterocycles. The molecule has 3 amide bonds. The largest absolute Gasteiger partial charge is 0.481 e. The quantitative estimate of drug-likeness (QED) is 0.305. The highest BCUT2D eigenvalue weighted by atomic mass is 16.4. The molecular weight excluding hydrogens is 360 g/mol. The van der Waals surface area contributed by atoms with E-state index in [1.54, 1.807) is 13.8 Å². The molecule has 0 aromatic rings. The highest BCUT2D eigenvalue weighted by Gasteiger charge is 2.39. The molecule has 6 N–H and O–H groups in total. The van der Waals surface area contributed by atoms with Crippen LogP contribution in [0.2, 0.25) is 0 Å². The van der Waals surface area contributed by atoms with Gasteiger partial charge in [-0.15, -0.1) is 0 Å². The van der Waals surface area contributed by atoms with Crippen LogP contribution in [0.4, 0.5) is 0 Å². The van der Waals surface area contributed by atoms with Crippen LogP contribution in [0.5, 0.6) is 0 Å². The summed E-state index contributed by atoms with van der Waals surface area (Å²) in [5, 5.41) is 22.9. The Balaban J connectivity index is 2.93. The maximum atomic E-state index is 12.7. The Morgan fingerprint density at radius 3 is 2.26 bits per heavy atom. The maximum absolute atomic E-state index is 12.7. The summed E-state index contributed by atoms with van der Waals surface area (Å²) in [5.74, 6) is -4.87. The van der Waals surface area contributed by atoms with E-state index in [4.69, 9.17) is 10.8 Å². The van der Waals surface area contributed by atoms with Crippen molar-refractivity contribution in [3.05, 3.63) is 0 Å². The van der Waals surface area contributed by atoms with Gasteiger partial charge >= 0.3 is 11.9 Å². The summed E-state index contributed by atoms with van der Waals surface area (Å²) in [7, 11) is 0. The van der Waals surface area contributed by atoms with Gasteiger partial charge in [-0.25, -0.2) is 4.79 Å². The summed E-state index contributed by atoms with van der Waals surface area (Å²) >= 11 is 0. The van der Waals surface area contributed by atoms with E-state index >= 15 is 0 Å². The number of rotatable bonds is 9. The van der Waals surface area contributed by atoms with Gasteiger partial charge in [-0.2, -0.15) is 0 Å². The number of carboxylic acids is 2. The monoisotopic (exact) mass is 386 g/mol. The van der Waals surface area contributed by atoms with Crippen molar-refractivity contribution in [3.63, 3.8) is 0 Å². The van der Waals surface area contributed by atoms with E-state index < -0.39 is 60.8 Å². The van der Waals surface area contributed by atoms with Gasteiger partial charge in [0.2, 0.25) is 17.7 Å². The van der Waals surface area contributed by atoms with Crippen LogP contribution in [0, 0.1) is 5.92 Å². The zero-order valence-corrected chi connectivity index (χ0v) is 15.3. The average molecular weight is 386 g/mol. The number of nitrogens with two attached hydrogens (primary N) is 1. The van der Waals surface area contributed by atoms with Crippen molar-refractivity contribution in [2.24, 2.45) is 11.7 Å². The second-order valence-corrected chi connectivity index (χ2v) is 6.68. The molecule has 0 spiro atoms. The van der Waals surface area contributed by atoms with Gasteiger partial charge < -0.3 is 31.5 Å². The van der Waals surface area contributed by atoms with Gasteiger partial charge in [-0.05, 0) is 18.8 Å². The minimum atomic E-state index is -1.35. The standard InChI is InChI=1S/C16H26N4O7/c1-8(2)13(16(26)27)19-14(24)10-4-3-5-20(10)15(25)9(6-12(22)23)18-11(21)7-17/h8-10,13H,3-7,17H2,1-2H3,(H,18,21)(H,19,24)(H,22,23)(H,26,27). The van der Waals surface area contributed by atoms with Gasteiger partial charge in [0.05, 0.1) is 13.0 Å². The molecule has 3 unspecified atom stereocenters. The van der Waals surface area contributed by atoms with Crippen LogP contribution in [0.25, 0.3) is 0 Å². The van der Waals surface area contributed by atoms with Crippen molar-refractivity contribution >= 4 is 29.7 Å². The van der Waals surface area contributed by atoms with E-state index in [9.17, 15) is 29.1 Å². The lowest BCUT2D eigenvalue weighted by Crippen LogP contribution is -2.56. The van der Waals surface area contributed by atoms with Crippen LogP contribution in [0.1, 0.15) is 33.1 Å². The predicted octanol–water partition coefficient (Wildman–Crippen LogP) is -1.88. The highest BCUT2D eigenvalue weighted by Crippen LogP contribution is 2.20. The molecule has 0 aromatic heterocycles. The van der Waals surface area contributed by atoms with Crippen LogP contribution in [-0.4, -0.2) is 76.0 Å². The number of nitrogens with one attached hydrogen (secondary N) is 2. The molecule has 0 radical (unpaired) electrons. The molecule has 152 valence electrons. The smallest absolute Gasteiger partial charge is 0.326 e. The fourth-order valence-corrected chi connectivity index (χ4v) is 2.89. The minimum absolute atomic E-state index is 0.199. The Morgan fingerprint density at radius 2 is 1.78 bits per heavy atom. The van der Waals surface area contributed by atoms with Crippen molar-refractivity contribution in [1.82, 2.24) is 15.5 Å². The molecule has 1 fully saturated rings. The van der Waals surface area contributed by atoms with E-state index in [1.165, 1.54) is 4.90 Å². The van der Waals surface area contributed by atoms with E-state index in [0.29, 0.717) is 12.8 Å². The van der Waals surface area contributed by atoms with Gasteiger partial charge in [0.25, 0.3) is 0 Å². The van der Waals surface area contributed by atoms with Gasteiger partial charge in [-0.1, -0.05) is 13.8 Å². The number of hydrogen-bond donors (Lipinski definition) is 5. The SMILES string of the molecule is CC(C)C(NC(=O)C1CCCN1C(=O)C(CC(=O)O)NC(=O)CN)C(=O)O. The Morgan fingerprint density at radius 1 is 1.15 bits per heavy atom. The Bertz CT molecular complexity index is 608. The van der Waals surface area contributed by atoms with E-state index in [1.807, 2.05) is 0 Å². The first-order valence-corrected chi connectivity index (χ1v) is 8.63. The fourth-order valence-electron chi connectivity index (χ4n) is 2.89. The number of hydrogen-bond acceptors (Lipinski definition) is 6. The number of amides is 3. The number of carboxylic acid groups (broad SMARTS) is 2. The third kappa shape index (κ3) is 6.20. The summed E-state index contributed by atoms with van der Waals surface area (Å²) in [6, 6.07) is -3.39. The number of carbonyl (C=O) groups excluding carboxylic acids is 3. The molecule has 1 aliphatic heterocycles. The second kappa shape index (κ2) is 9.86. The molecule has 0 bridgehead atoms. The highest BCUT2D eigenvalue weighted by molar-refractivity contribution is 5.95. The van der Waals surface area contributed by atoms with Gasteiger partial charge in [0, 0.05) is 6.54 Å². The van der Waals surface area contributed by atoms with Crippen LogP contribution in [0.15, 0.2) is 0 Å². The molecule has 0 aromatic carbocycles. The number of carbonyl (C=O) groups is 5. The second-order valence-electron chi connectivity index (χ2n) is 6.68. The normalized spacial score (nSPS) is 18.7. The van der Waals surface area contributed by atoms with Crippen molar-refractivity contribution in [2.75, 3.05) is 13.1 Å². The van der Waals surface area contributed by atoms with E-state index in [2.05, 4.69) is 10.6 Å². The topological polar surface area (TPSA) is 179 Å². The predicted molar refractivity (Wildman–Crippen MR) is 92.4 cm³/mol. The molecule has 1 rings (SSSR count). The van der Waals surface area contributed by atoms with Crippen LogP contribution in [0.3, 0.4) is 0 Å². The molecule has 0 saturated carbocycles. The van der Waals surface area contributed by atoms with Crippen molar-refractivity contribution in [1.29, 1.82) is 0 Å². The van der Waals surface area contributed by atoms with Crippen LogP contribution < -0.4 is 16.4 Å². The number of nitrogens with zero attached hydrogens (tertiary/aromatic N) is 1. The average Bonchev–Trinajstić information content (AvgIpc) is 3.06. The zero-order valence-electron chi connectivity index (χ0n) is 15.3. The summed E-state index contributed by atoms with van der Waals surface area (Å²) < 4.78 is 0. The first kappa shape index (κ1) is 22.4. The molecule has 1 aliphatic rings. The van der Waals surface area contributed by atoms with E-state index in [-0.39, 0.29) is 12.5 Å². The third-order valence-corrected chi connectivity index (χ3v) is 4.27. The molecule has 0 aliphatic carbocycles. The molecule has 1 heterocycles. The first-order chi connectivity index (χ1) is 12.6. The van der Waals surface area contributed by atoms with Gasteiger partial charge in [0.1, 0.15) is 18.1 Å². The summed E-state index contributed by atoms with van der Waals surface area (Å²) in [6.07, 6.45) is 0.152.